The smallest absolute Gasteiger partial charge is 0.335 e. The molecule has 3 N–H and O–H groups in total. The highest BCUT2D eigenvalue weighted by Gasteiger charge is 2.36. The molecule has 0 spiro atoms. The summed E-state index contributed by atoms with van der Waals surface area (Å²) in [5, 5.41) is 14.5. The van der Waals surface area contributed by atoms with E-state index in [4.69, 9.17) is 5.11 Å². The Labute approximate surface area is 195 Å². The third-order valence-corrected chi connectivity index (χ3v) is 6.68. The zero-order chi connectivity index (χ0) is 23.2. The molecular formula is C26H34N4O3. The highest BCUT2D eigenvalue weighted by Crippen LogP contribution is 2.27. The molecule has 7 nitrogen and oxygen atoms in total. The van der Waals surface area contributed by atoms with Gasteiger partial charge in [0.2, 0.25) is 5.91 Å². The van der Waals surface area contributed by atoms with E-state index in [1.165, 1.54) is 5.56 Å². The van der Waals surface area contributed by atoms with Crippen molar-refractivity contribution in [2.24, 2.45) is 0 Å². The summed E-state index contributed by atoms with van der Waals surface area (Å²) in [4.78, 5) is 26.7. The van der Waals surface area contributed by atoms with Gasteiger partial charge in [0.15, 0.2) is 0 Å². The van der Waals surface area contributed by atoms with Crippen molar-refractivity contribution in [2.75, 3.05) is 18.1 Å². The van der Waals surface area contributed by atoms with Crippen LogP contribution in [0.2, 0.25) is 0 Å². The van der Waals surface area contributed by atoms with Crippen molar-refractivity contribution in [3.05, 3.63) is 65.7 Å². The molecule has 0 radical (unpaired) electrons. The molecular weight excluding hydrogens is 416 g/mol. The standard InChI is InChI=1S/C26H34N4O3/c1-2-6-23-17-24(28-30(23)22-11-9-20(10-12-22)26(32)33)25(31)27-21-13-15-29(16-14-21)18-19-7-4-3-5-8-19/h3-5,7-12,21,23-24,28H,2,6,13-18H2,1H3,(H,27,31)(H,32,33). The van der Waals surface area contributed by atoms with E-state index < -0.39 is 5.97 Å². The van der Waals surface area contributed by atoms with Crippen molar-refractivity contribution < 1.29 is 14.7 Å². The minimum atomic E-state index is -0.937. The average Bonchev–Trinajstić information content (AvgIpc) is 3.25. The topological polar surface area (TPSA) is 84.9 Å². The average molecular weight is 451 g/mol. The van der Waals surface area contributed by atoms with Gasteiger partial charge in [0.05, 0.1) is 11.3 Å². The van der Waals surface area contributed by atoms with E-state index in [1.807, 2.05) is 23.2 Å². The summed E-state index contributed by atoms with van der Waals surface area (Å²) in [7, 11) is 0. The van der Waals surface area contributed by atoms with Crippen LogP contribution < -0.4 is 15.8 Å². The van der Waals surface area contributed by atoms with Gasteiger partial charge in [-0.25, -0.2) is 10.2 Å². The van der Waals surface area contributed by atoms with Gasteiger partial charge < -0.3 is 15.4 Å². The lowest BCUT2D eigenvalue weighted by atomic mass is 10.0. The molecule has 176 valence electrons. The molecule has 2 saturated heterocycles. The van der Waals surface area contributed by atoms with Gasteiger partial charge in [0.1, 0.15) is 6.04 Å². The van der Waals surface area contributed by atoms with Gasteiger partial charge in [-0.3, -0.25) is 9.69 Å². The molecule has 33 heavy (non-hydrogen) atoms. The number of amides is 1. The second kappa shape index (κ2) is 10.8. The number of anilines is 1. The summed E-state index contributed by atoms with van der Waals surface area (Å²) in [6.45, 7) is 5.07. The Bertz CT molecular complexity index is 926. The first-order chi connectivity index (χ1) is 16.0. The minimum absolute atomic E-state index is 0.0577. The molecule has 2 heterocycles. The normalized spacial score (nSPS) is 21.8. The van der Waals surface area contributed by atoms with Crippen LogP contribution in [0, 0.1) is 0 Å². The Balaban J connectivity index is 1.30. The summed E-state index contributed by atoms with van der Waals surface area (Å²) in [5.74, 6) is -0.879. The van der Waals surface area contributed by atoms with E-state index in [2.05, 4.69) is 46.8 Å². The lowest BCUT2D eigenvalue weighted by Gasteiger charge is -2.33. The van der Waals surface area contributed by atoms with Crippen LogP contribution >= 0.6 is 0 Å². The number of likely N-dealkylation sites (tertiary alicyclic amines) is 1. The number of carboxylic acid groups (broad SMARTS) is 1. The first kappa shape index (κ1) is 23.3. The number of benzene rings is 2. The van der Waals surface area contributed by atoms with Gasteiger partial charge in [0.25, 0.3) is 0 Å². The number of piperidine rings is 1. The molecule has 2 aromatic rings. The number of carbonyl (C=O) groups is 2. The Kier molecular flexibility index (Phi) is 7.62. The third kappa shape index (κ3) is 5.92. The van der Waals surface area contributed by atoms with E-state index in [0.717, 1.165) is 57.4 Å². The first-order valence-corrected chi connectivity index (χ1v) is 12.0. The van der Waals surface area contributed by atoms with Gasteiger partial charge >= 0.3 is 5.97 Å². The van der Waals surface area contributed by atoms with Crippen LogP contribution in [0.3, 0.4) is 0 Å². The van der Waals surface area contributed by atoms with Crippen molar-refractivity contribution in [3.63, 3.8) is 0 Å². The molecule has 2 unspecified atom stereocenters. The van der Waals surface area contributed by atoms with Crippen molar-refractivity contribution in [1.82, 2.24) is 15.6 Å². The minimum Gasteiger partial charge on any atom is -0.478 e. The number of nitrogens with one attached hydrogen (secondary N) is 2. The maximum Gasteiger partial charge on any atom is 0.335 e. The summed E-state index contributed by atoms with van der Waals surface area (Å²) >= 11 is 0. The molecule has 1 amide bonds. The molecule has 2 aliphatic rings. The number of carboxylic acids is 1. The number of hydrazine groups is 1. The van der Waals surface area contributed by atoms with Crippen LogP contribution in [0.15, 0.2) is 54.6 Å². The van der Waals surface area contributed by atoms with E-state index >= 15 is 0 Å². The molecule has 2 fully saturated rings. The zero-order valence-corrected chi connectivity index (χ0v) is 19.2. The highest BCUT2D eigenvalue weighted by molar-refractivity contribution is 5.88. The number of aromatic carboxylic acids is 1. The maximum absolute atomic E-state index is 13.1. The molecule has 2 aromatic carbocycles. The van der Waals surface area contributed by atoms with E-state index in [1.54, 1.807) is 12.1 Å². The predicted molar refractivity (Wildman–Crippen MR) is 129 cm³/mol. The summed E-state index contributed by atoms with van der Waals surface area (Å²) in [6.07, 6.45) is 4.65. The van der Waals surface area contributed by atoms with Gasteiger partial charge in [0, 0.05) is 31.7 Å². The quantitative estimate of drug-likeness (QED) is 0.572. The molecule has 0 aliphatic carbocycles. The largest absolute Gasteiger partial charge is 0.478 e. The molecule has 4 rings (SSSR count). The van der Waals surface area contributed by atoms with Crippen molar-refractivity contribution in [1.29, 1.82) is 0 Å². The molecule has 0 aromatic heterocycles. The van der Waals surface area contributed by atoms with E-state index in [9.17, 15) is 9.59 Å². The van der Waals surface area contributed by atoms with Crippen molar-refractivity contribution in [3.8, 4) is 0 Å². The molecule has 7 heteroatoms. The number of hydrogen-bond donors (Lipinski definition) is 3. The Hall–Kier alpha value is -2.90. The fraction of sp³-hybridized carbons (Fsp3) is 0.462. The monoisotopic (exact) mass is 450 g/mol. The van der Waals surface area contributed by atoms with Crippen LogP contribution in [0.25, 0.3) is 0 Å². The van der Waals surface area contributed by atoms with Gasteiger partial charge in [-0.2, -0.15) is 0 Å². The number of hydrogen-bond acceptors (Lipinski definition) is 5. The third-order valence-electron chi connectivity index (χ3n) is 6.68. The second-order valence-corrected chi connectivity index (χ2v) is 9.13. The number of nitrogens with zero attached hydrogens (tertiary/aromatic N) is 2. The lowest BCUT2D eigenvalue weighted by Crippen LogP contribution is -2.51. The zero-order valence-electron chi connectivity index (χ0n) is 19.2. The number of rotatable bonds is 8. The first-order valence-electron chi connectivity index (χ1n) is 12.0. The van der Waals surface area contributed by atoms with Crippen LogP contribution in [-0.4, -0.2) is 53.1 Å². The fourth-order valence-corrected chi connectivity index (χ4v) is 4.88. The molecule has 0 saturated carbocycles. The fourth-order valence-electron chi connectivity index (χ4n) is 4.88. The van der Waals surface area contributed by atoms with Crippen molar-refractivity contribution >= 4 is 17.6 Å². The van der Waals surface area contributed by atoms with Crippen LogP contribution in [-0.2, 0) is 11.3 Å². The van der Waals surface area contributed by atoms with Crippen LogP contribution in [0.1, 0.15) is 54.9 Å². The Morgan fingerprint density at radius 1 is 1.06 bits per heavy atom. The molecule has 2 aliphatic heterocycles. The summed E-state index contributed by atoms with van der Waals surface area (Å²) < 4.78 is 0. The summed E-state index contributed by atoms with van der Waals surface area (Å²) in [5.41, 5.74) is 5.87. The summed E-state index contributed by atoms with van der Waals surface area (Å²) in [6, 6.07) is 17.5. The lowest BCUT2D eigenvalue weighted by molar-refractivity contribution is -0.123. The predicted octanol–water partition coefficient (Wildman–Crippen LogP) is 3.42. The highest BCUT2D eigenvalue weighted by atomic mass is 16.4. The number of carbonyl (C=O) groups excluding carboxylic acids is 1. The van der Waals surface area contributed by atoms with Crippen molar-refractivity contribution in [2.45, 2.75) is 63.7 Å². The molecule has 2 atom stereocenters. The Morgan fingerprint density at radius 3 is 2.39 bits per heavy atom. The van der Waals surface area contributed by atoms with Gasteiger partial charge in [-0.05, 0) is 55.5 Å². The van der Waals surface area contributed by atoms with Crippen LogP contribution in [0.4, 0.5) is 5.69 Å². The SMILES string of the molecule is CCCC1CC(C(=O)NC2CCN(Cc3ccccc3)CC2)NN1c1ccc(C(=O)O)cc1. The van der Waals surface area contributed by atoms with E-state index in [-0.39, 0.29) is 29.6 Å². The van der Waals surface area contributed by atoms with Gasteiger partial charge in [-0.15, -0.1) is 0 Å². The van der Waals surface area contributed by atoms with Gasteiger partial charge in [-0.1, -0.05) is 43.7 Å². The second-order valence-electron chi connectivity index (χ2n) is 9.13. The maximum atomic E-state index is 13.1. The molecule has 0 bridgehead atoms. The van der Waals surface area contributed by atoms with E-state index in [0.29, 0.717) is 0 Å². The van der Waals surface area contributed by atoms with Crippen LogP contribution in [0.5, 0.6) is 0 Å². The Morgan fingerprint density at radius 2 is 1.76 bits per heavy atom.